The molecule has 0 fully saturated rings. The van der Waals surface area contributed by atoms with Gasteiger partial charge in [0.1, 0.15) is 0 Å². The third-order valence-corrected chi connectivity index (χ3v) is 3.23. The first-order valence-electron chi connectivity index (χ1n) is 5.83. The summed E-state index contributed by atoms with van der Waals surface area (Å²) in [5.74, 6) is 0.155. The van der Waals surface area contributed by atoms with E-state index in [2.05, 4.69) is 11.4 Å². The van der Waals surface area contributed by atoms with Gasteiger partial charge in [0.25, 0.3) is 0 Å². The van der Waals surface area contributed by atoms with Gasteiger partial charge >= 0.3 is 0 Å². The fourth-order valence-corrected chi connectivity index (χ4v) is 1.99. The Labute approximate surface area is 96.0 Å². The number of amides is 1. The largest absolute Gasteiger partial charge is 0.354 e. The van der Waals surface area contributed by atoms with Crippen molar-refractivity contribution in [2.24, 2.45) is 5.73 Å². The molecule has 2 atom stereocenters. The number of fused-ring (bicyclic) bond motifs is 1. The molecule has 0 heterocycles. The minimum atomic E-state index is 0.0419. The fourth-order valence-electron chi connectivity index (χ4n) is 1.99. The molecule has 2 rings (SSSR count). The number of hydrogen-bond donors (Lipinski definition) is 2. The summed E-state index contributed by atoms with van der Waals surface area (Å²) in [6, 6.07) is 8.18. The molecule has 2 unspecified atom stereocenters. The van der Waals surface area contributed by atoms with Crippen molar-refractivity contribution in [3.05, 3.63) is 35.4 Å². The standard InChI is InChI=1S/C13H18N2O/c1-2-10(14)8-15-13(16)12-7-9-5-3-4-6-11(9)12/h3-6,10,12H,2,7-8,14H2,1H3,(H,15,16). The zero-order chi connectivity index (χ0) is 11.5. The maximum atomic E-state index is 11.8. The molecule has 3 heteroatoms. The Hall–Kier alpha value is -1.35. The van der Waals surface area contributed by atoms with Gasteiger partial charge in [-0.1, -0.05) is 31.2 Å². The van der Waals surface area contributed by atoms with Gasteiger partial charge in [-0.3, -0.25) is 4.79 Å². The van der Waals surface area contributed by atoms with E-state index in [0.717, 1.165) is 12.8 Å². The Balaban J connectivity index is 1.90. The molecule has 0 bridgehead atoms. The van der Waals surface area contributed by atoms with E-state index in [-0.39, 0.29) is 17.9 Å². The highest BCUT2D eigenvalue weighted by atomic mass is 16.1. The summed E-state index contributed by atoms with van der Waals surface area (Å²) in [4.78, 5) is 11.8. The molecule has 1 aromatic rings. The maximum Gasteiger partial charge on any atom is 0.227 e. The number of nitrogens with one attached hydrogen (secondary N) is 1. The molecule has 0 aliphatic heterocycles. The lowest BCUT2D eigenvalue weighted by atomic mass is 9.77. The van der Waals surface area contributed by atoms with Gasteiger partial charge in [-0.05, 0) is 24.0 Å². The molecule has 86 valence electrons. The van der Waals surface area contributed by atoms with Crippen LogP contribution in [0, 0.1) is 0 Å². The molecule has 1 aliphatic rings. The lowest BCUT2D eigenvalue weighted by Crippen LogP contribution is -2.41. The fraction of sp³-hybridized carbons (Fsp3) is 0.462. The molecular formula is C13H18N2O. The van der Waals surface area contributed by atoms with Crippen molar-refractivity contribution in [3.63, 3.8) is 0 Å². The molecule has 0 radical (unpaired) electrons. The molecule has 3 N–H and O–H groups in total. The van der Waals surface area contributed by atoms with Crippen molar-refractivity contribution < 1.29 is 4.79 Å². The Kier molecular flexibility index (Phi) is 3.25. The van der Waals surface area contributed by atoms with E-state index in [4.69, 9.17) is 5.73 Å². The van der Waals surface area contributed by atoms with Crippen LogP contribution in [0.5, 0.6) is 0 Å². The average Bonchev–Trinajstić information content (AvgIpc) is 2.27. The van der Waals surface area contributed by atoms with Crippen LogP contribution in [0.2, 0.25) is 0 Å². The van der Waals surface area contributed by atoms with E-state index >= 15 is 0 Å². The minimum Gasteiger partial charge on any atom is -0.354 e. The Bertz CT molecular complexity index is 389. The Morgan fingerprint density at radius 2 is 2.31 bits per heavy atom. The average molecular weight is 218 g/mol. The third-order valence-electron chi connectivity index (χ3n) is 3.23. The van der Waals surface area contributed by atoms with Gasteiger partial charge in [-0.15, -0.1) is 0 Å². The summed E-state index contributed by atoms with van der Waals surface area (Å²) in [6.45, 7) is 2.60. The van der Waals surface area contributed by atoms with Crippen molar-refractivity contribution in [1.29, 1.82) is 0 Å². The van der Waals surface area contributed by atoms with Gasteiger partial charge in [0, 0.05) is 12.6 Å². The van der Waals surface area contributed by atoms with Crippen molar-refractivity contribution in [3.8, 4) is 0 Å². The molecule has 0 saturated heterocycles. The number of rotatable bonds is 4. The molecule has 1 amide bonds. The van der Waals surface area contributed by atoms with Crippen molar-refractivity contribution in [2.75, 3.05) is 6.54 Å². The number of benzene rings is 1. The van der Waals surface area contributed by atoms with Crippen LogP contribution in [0.4, 0.5) is 0 Å². The monoisotopic (exact) mass is 218 g/mol. The van der Waals surface area contributed by atoms with E-state index in [1.54, 1.807) is 0 Å². The molecule has 1 aromatic carbocycles. The minimum absolute atomic E-state index is 0.0419. The summed E-state index contributed by atoms with van der Waals surface area (Å²) in [5, 5.41) is 2.91. The second kappa shape index (κ2) is 4.66. The van der Waals surface area contributed by atoms with Crippen LogP contribution >= 0.6 is 0 Å². The van der Waals surface area contributed by atoms with Crippen LogP contribution < -0.4 is 11.1 Å². The van der Waals surface area contributed by atoms with E-state index in [1.165, 1.54) is 11.1 Å². The highest BCUT2D eigenvalue weighted by molar-refractivity contribution is 5.86. The van der Waals surface area contributed by atoms with Crippen LogP contribution in [-0.2, 0) is 11.2 Å². The number of carbonyl (C=O) groups excluding carboxylic acids is 1. The zero-order valence-electron chi connectivity index (χ0n) is 9.57. The maximum absolute atomic E-state index is 11.8. The molecule has 1 aliphatic carbocycles. The zero-order valence-corrected chi connectivity index (χ0v) is 9.57. The Morgan fingerprint density at radius 3 is 3.00 bits per heavy atom. The van der Waals surface area contributed by atoms with Gasteiger partial charge in [-0.2, -0.15) is 0 Å². The van der Waals surface area contributed by atoms with E-state index in [9.17, 15) is 4.79 Å². The number of hydrogen-bond acceptors (Lipinski definition) is 2. The summed E-state index contributed by atoms with van der Waals surface area (Å²) in [5.41, 5.74) is 8.23. The third kappa shape index (κ3) is 2.09. The Morgan fingerprint density at radius 1 is 1.56 bits per heavy atom. The van der Waals surface area contributed by atoms with E-state index in [1.807, 2.05) is 25.1 Å². The van der Waals surface area contributed by atoms with Crippen molar-refractivity contribution >= 4 is 5.91 Å². The predicted octanol–water partition coefficient (Wildman–Crippen LogP) is 1.18. The molecule has 0 aromatic heterocycles. The quantitative estimate of drug-likeness (QED) is 0.797. The van der Waals surface area contributed by atoms with E-state index < -0.39 is 0 Å². The second-order valence-electron chi connectivity index (χ2n) is 4.37. The highest BCUT2D eigenvalue weighted by Gasteiger charge is 2.31. The first-order valence-corrected chi connectivity index (χ1v) is 5.83. The molecule has 0 spiro atoms. The highest BCUT2D eigenvalue weighted by Crippen LogP contribution is 2.34. The number of nitrogens with two attached hydrogens (primary N) is 1. The van der Waals surface area contributed by atoms with Crippen molar-refractivity contribution in [1.82, 2.24) is 5.32 Å². The van der Waals surface area contributed by atoms with Gasteiger partial charge in [0.05, 0.1) is 5.92 Å². The van der Waals surface area contributed by atoms with E-state index in [0.29, 0.717) is 6.54 Å². The smallest absolute Gasteiger partial charge is 0.227 e. The first kappa shape index (κ1) is 11.1. The molecular weight excluding hydrogens is 200 g/mol. The normalized spacial score (nSPS) is 19.5. The van der Waals surface area contributed by atoms with Gasteiger partial charge in [0.15, 0.2) is 0 Å². The van der Waals surface area contributed by atoms with Crippen LogP contribution in [-0.4, -0.2) is 18.5 Å². The predicted molar refractivity (Wildman–Crippen MR) is 64.2 cm³/mol. The lowest BCUT2D eigenvalue weighted by Gasteiger charge is -2.29. The van der Waals surface area contributed by atoms with Crippen LogP contribution in [0.1, 0.15) is 30.4 Å². The van der Waals surface area contributed by atoms with Gasteiger partial charge < -0.3 is 11.1 Å². The molecule has 16 heavy (non-hydrogen) atoms. The summed E-state index contributed by atoms with van der Waals surface area (Å²) < 4.78 is 0. The lowest BCUT2D eigenvalue weighted by molar-refractivity contribution is -0.123. The number of carbonyl (C=O) groups is 1. The summed E-state index contributed by atoms with van der Waals surface area (Å²) >= 11 is 0. The van der Waals surface area contributed by atoms with Gasteiger partial charge in [-0.25, -0.2) is 0 Å². The van der Waals surface area contributed by atoms with Crippen LogP contribution in [0.3, 0.4) is 0 Å². The van der Waals surface area contributed by atoms with Crippen molar-refractivity contribution in [2.45, 2.75) is 31.7 Å². The second-order valence-corrected chi connectivity index (χ2v) is 4.37. The summed E-state index contributed by atoms with van der Waals surface area (Å²) in [6.07, 6.45) is 1.75. The SMILES string of the molecule is CCC(N)CNC(=O)C1Cc2ccccc21. The topological polar surface area (TPSA) is 55.1 Å². The van der Waals surface area contributed by atoms with Crippen LogP contribution in [0.15, 0.2) is 24.3 Å². The molecule has 3 nitrogen and oxygen atoms in total. The first-order chi connectivity index (χ1) is 7.72. The molecule has 0 saturated carbocycles. The van der Waals surface area contributed by atoms with Crippen LogP contribution in [0.25, 0.3) is 0 Å². The van der Waals surface area contributed by atoms with Gasteiger partial charge in [0.2, 0.25) is 5.91 Å². The summed E-state index contributed by atoms with van der Waals surface area (Å²) in [7, 11) is 0.